The summed E-state index contributed by atoms with van der Waals surface area (Å²) in [5.74, 6) is -1.70. The van der Waals surface area contributed by atoms with E-state index in [1.165, 1.54) is 5.56 Å². The van der Waals surface area contributed by atoms with Crippen LogP contribution >= 0.6 is 0 Å². The van der Waals surface area contributed by atoms with Crippen LogP contribution in [0, 0.1) is 11.6 Å². The molecule has 2 aromatic carbocycles. The van der Waals surface area contributed by atoms with Gasteiger partial charge in [-0.25, -0.2) is 8.78 Å². The summed E-state index contributed by atoms with van der Waals surface area (Å²) in [7, 11) is 0. The number of Topliss-reactive ketones (excluding diaryl/α,β-unsaturated/α-hetero) is 1. The second-order valence-electron chi connectivity index (χ2n) is 4.39. The fourth-order valence-electron chi connectivity index (χ4n) is 1.88. The number of carbonyl (C=O) groups excluding carboxylic acids is 1. The quantitative estimate of drug-likeness (QED) is 0.761. The van der Waals surface area contributed by atoms with E-state index >= 15 is 0 Å². The van der Waals surface area contributed by atoms with E-state index in [-0.39, 0.29) is 12.0 Å². The molecule has 0 heterocycles. The van der Waals surface area contributed by atoms with E-state index in [2.05, 4.69) is 0 Å². The molecule has 0 amide bonds. The minimum Gasteiger partial charge on any atom is -0.294 e. The molecule has 0 N–H and O–H groups in total. The maximum absolute atomic E-state index is 13.5. The Kier molecular flexibility index (Phi) is 4.05. The molecule has 0 atom stereocenters. The zero-order valence-electron chi connectivity index (χ0n) is 10.6. The van der Waals surface area contributed by atoms with Gasteiger partial charge in [-0.2, -0.15) is 0 Å². The first-order valence-corrected chi connectivity index (χ1v) is 6.16. The zero-order valence-corrected chi connectivity index (χ0v) is 10.6. The third-order valence-corrected chi connectivity index (χ3v) is 3.02. The van der Waals surface area contributed by atoms with Crippen LogP contribution in [-0.2, 0) is 12.8 Å². The Morgan fingerprint density at radius 1 is 1.00 bits per heavy atom. The van der Waals surface area contributed by atoms with Crippen LogP contribution in [0.3, 0.4) is 0 Å². The summed E-state index contributed by atoms with van der Waals surface area (Å²) in [4.78, 5) is 11.9. The van der Waals surface area contributed by atoms with E-state index in [4.69, 9.17) is 0 Å². The lowest BCUT2D eigenvalue weighted by atomic mass is 10.0. The van der Waals surface area contributed by atoms with Gasteiger partial charge in [0.25, 0.3) is 0 Å². The number of halogens is 2. The summed E-state index contributed by atoms with van der Waals surface area (Å²) in [6, 6.07) is 10.5. The van der Waals surface area contributed by atoms with E-state index in [0.717, 1.165) is 30.2 Å². The van der Waals surface area contributed by atoms with E-state index in [9.17, 15) is 13.6 Å². The maximum atomic E-state index is 13.5. The number of ketones is 1. The first-order chi connectivity index (χ1) is 9.10. The van der Waals surface area contributed by atoms with E-state index in [0.29, 0.717) is 0 Å². The molecule has 98 valence electrons. The molecular formula is C16H14F2O. The number of hydrogen-bond donors (Lipinski definition) is 0. The summed E-state index contributed by atoms with van der Waals surface area (Å²) in [5, 5.41) is 0. The topological polar surface area (TPSA) is 17.1 Å². The number of aryl methyl sites for hydroxylation is 1. The Labute approximate surface area is 110 Å². The number of benzene rings is 2. The maximum Gasteiger partial charge on any atom is 0.170 e. The summed E-state index contributed by atoms with van der Waals surface area (Å²) in [6.45, 7) is 2.04. The van der Waals surface area contributed by atoms with Crippen molar-refractivity contribution in [2.75, 3.05) is 0 Å². The molecule has 1 nitrogen and oxygen atoms in total. The van der Waals surface area contributed by atoms with Gasteiger partial charge in [-0.05, 0) is 35.7 Å². The number of carbonyl (C=O) groups is 1. The highest BCUT2D eigenvalue weighted by Gasteiger charge is 2.13. The highest BCUT2D eigenvalue weighted by atomic mass is 19.1. The Bertz CT molecular complexity index is 588. The van der Waals surface area contributed by atoms with Gasteiger partial charge in [0.1, 0.15) is 11.6 Å². The van der Waals surface area contributed by atoms with Gasteiger partial charge in [0, 0.05) is 6.42 Å². The predicted octanol–water partition coefficient (Wildman–Crippen LogP) is 3.95. The van der Waals surface area contributed by atoms with Crippen LogP contribution in [0.1, 0.15) is 28.4 Å². The van der Waals surface area contributed by atoms with Crippen molar-refractivity contribution in [2.45, 2.75) is 19.8 Å². The van der Waals surface area contributed by atoms with Crippen LogP contribution in [0.5, 0.6) is 0 Å². The van der Waals surface area contributed by atoms with Crippen molar-refractivity contribution in [3.05, 3.63) is 70.8 Å². The average Bonchev–Trinajstić information content (AvgIpc) is 2.42. The summed E-state index contributed by atoms with van der Waals surface area (Å²) in [5.41, 5.74) is 1.78. The van der Waals surface area contributed by atoms with Crippen molar-refractivity contribution >= 4 is 5.78 Å². The SMILES string of the molecule is CCc1ccc(CC(=O)c2cc(F)ccc2F)cc1. The van der Waals surface area contributed by atoms with Gasteiger partial charge in [0.05, 0.1) is 5.56 Å². The van der Waals surface area contributed by atoms with Crippen molar-refractivity contribution in [2.24, 2.45) is 0 Å². The van der Waals surface area contributed by atoms with Crippen LogP contribution < -0.4 is 0 Å². The van der Waals surface area contributed by atoms with Crippen molar-refractivity contribution in [3.63, 3.8) is 0 Å². The summed E-state index contributed by atoms with van der Waals surface area (Å²) < 4.78 is 26.5. The molecule has 0 aliphatic carbocycles. The third-order valence-electron chi connectivity index (χ3n) is 3.02. The smallest absolute Gasteiger partial charge is 0.170 e. The van der Waals surface area contributed by atoms with Crippen molar-refractivity contribution in [3.8, 4) is 0 Å². The first kappa shape index (κ1) is 13.4. The molecule has 0 aromatic heterocycles. The lowest BCUT2D eigenvalue weighted by molar-refractivity contribution is 0.0988. The zero-order chi connectivity index (χ0) is 13.8. The van der Waals surface area contributed by atoms with Crippen LogP contribution in [0.15, 0.2) is 42.5 Å². The first-order valence-electron chi connectivity index (χ1n) is 6.16. The van der Waals surface area contributed by atoms with Crippen LogP contribution in [-0.4, -0.2) is 5.78 Å². The van der Waals surface area contributed by atoms with Crippen LogP contribution in [0.2, 0.25) is 0 Å². The van der Waals surface area contributed by atoms with Crippen molar-refractivity contribution < 1.29 is 13.6 Å². The highest BCUT2D eigenvalue weighted by Crippen LogP contribution is 2.14. The molecule has 0 saturated heterocycles. The van der Waals surface area contributed by atoms with Crippen LogP contribution in [0.25, 0.3) is 0 Å². The molecule has 19 heavy (non-hydrogen) atoms. The number of rotatable bonds is 4. The minimum atomic E-state index is -0.684. The Morgan fingerprint density at radius 2 is 1.63 bits per heavy atom. The van der Waals surface area contributed by atoms with Gasteiger partial charge in [0.15, 0.2) is 5.78 Å². The van der Waals surface area contributed by atoms with E-state index < -0.39 is 17.4 Å². The molecule has 0 unspecified atom stereocenters. The van der Waals surface area contributed by atoms with E-state index in [1.54, 1.807) is 0 Å². The molecule has 0 fully saturated rings. The van der Waals surface area contributed by atoms with Gasteiger partial charge in [0.2, 0.25) is 0 Å². The van der Waals surface area contributed by atoms with Gasteiger partial charge in [-0.3, -0.25) is 4.79 Å². The third kappa shape index (κ3) is 3.25. The van der Waals surface area contributed by atoms with Gasteiger partial charge < -0.3 is 0 Å². The molecular weight excluding hydrogens is 246 g/mol. The standard InChI is InChI=1S/C16H14F2O/c1-2-11-3-5-12(6-4-11)9-16(19)14-10-13(17)7-8-15(14)18/h3-8,10H,2,9H2,1H3. The fraction of sp³-hybridized carbons (Fsp3) is 0.188. The Balaban J connectivity index is 2.18. The lowest BCUT2D eigenvalue weighted by Crippen LogP contribution is -2.06. The fourth-order valence-corrected chi connectivity index (χ4v) is 1.88. The predicted molar refractivity (Wildman–Crippen MR) is 70.2 cm³/mol. The molecule has 0 radical (unpaired) electrons. The molecule has 0 aliphatic heterocycles. The Morgan fingerprint density at radius 3 is 2.26 bits per heavy atom. The van der Waals surface area contributed by atoms with Crippen molar-refractivity contribution in [1.82, 2.24) is 0 Å². The number of hydrogen-bond acceptors (Lipinski definition) is 1. The van der Waals surface area contributed by atoms with Gasteiger partial charge >= 0.3 is 0 Å². The highest BCUT2D eigenvalue weighted by molar-refractivity contribution is 5.97. The molecule has 2 aromatic rings. The van der Waals surface area contributed by atoms with E-state index in [1.807, 2.05) is 31.2 Å². The Hall–Kier alpha value is -2.03. The largest absolute Gasteiger partial charge is 0.294 e. The summed E-state index contributed by atoms with van der Waals surface area (Å²) in [6.07, 6.45) is 0.997. The lowest BCUT2D eigenvalue weighted by Gasteiger charge is -2.04. The average molecular weight is 260 g/mol. The van der Waals surface area contributed by atoms with Gasteiger partial charge in [-0.15, -0.1) is 0 Å². The second kappa shape index (κ2) is 5.74. The molecule has 0 bridgehead atoms. The van der Waals surface area contributed by atoms with Gasteiger partial charge in [-0.1, -0.05) is 31.2 Å². The second-order valence-corrected chi connectivity index (χ2v) is 4.39. The minimum absolute atomic E-state index is 0.0738. The normalized spacial score (nSPS) is 10.5. The molecule has 0 aliphatic rings. The van der Waals surface area contributed by atoms with Crippen LogP contribution in [0.4, 0.5) is 8.78 Å². The van der Waals surface area contributed by atoms with Crippen molar-refractivity contribution in [1.29, 1.82) is 0 Å². The summed E-state index contributed by atoms with van der Waals surface area (Å²) >= 11 is 0. The molecule has 3 heteroatoms. The monoisotopic (exact) mass is 260 g/mol. The molecule has 0 spiro atoms. The molecule has 0 saturated carbocycles. The molecule has 2 rings (SSSR count).